The second-order valence-corrected chi connectivity index (χ2v) is 4.18. The van der Waals surface area contributed by atoms with E-state index >= 15 is 0 Å². The van der Waals surface area contributed by atoms with Crippen LogP contribution in [0.2, 0.25) is 0 Å². The molecule has 6 nitrogen and oxygen atoms in total. The molecule has 0 saturated heterocycles. The number of alkyl halides is 2. The summed E-state index contributed by atoms with van der Waals surface area (Å²) in [6.07, 6.45) is -2.54. The SMILES string of the molecule is Cc1ccc(NC(=O)NCCOCC(F)F)cc1C(=O)O. The van der Waals surface area contributed by atoms with Crippen molar-refractivity contribution in [3.63, 3.8) is 0 Å². The number of hydrogen-bond donors (Lipinski definition) is 3. The molecule has 0 fully saturated rings. The molecule has 1 aromatic carbocycles. The standard InChI is InChI=1S/C13H16F2N2O4/c1-8-2-3-9(6-10(8)12(18)19)17-13(20)16-4-5-21-7-11(14)15/h2-3,6,11H,4-5,7H2,1H3,(H,18,19)(H2,16,17,20). The Morgan fingerprint density at radius 2 is 2.10 bits per heavy atom. The fraction of sp³-hybridized carbons (Fsp3) is 0.385. The van der Waals surface area contributed by atoms with Crippen LogP contribution < -0.4 is 10.6 Å². The Morgan fingerprint density at radius 1 is 1.38 bits per heavy atom. The van der Waals surface area contributed by atoms with Crippen molar-refractivity contribution in [1.82, 2.24) is 5.32 Å². The lowest BCUT2D eigenvalue weighted by Crippen LogP contribution is -2.32. The van der Waals surface area contributed by atoms with Gasteiger partial charge in [0.1, 0.15) is 6.61 Å². The number of rotatable bonds is 7. The van der Waals surface area contributed by atoms with E-state index in [2.05, 4.69) is 15.4 Å². The molecule has 0 spiro atoms. The van der Waals surface area contributed by atoms with Gasteiger partial charge >= 0.3 is 12.0 Å². The molecular weight excluding hydrogens is 286 g/mol. The predicted molar refractivity (Wildman–Crippen MR) is 72.0 cm³/mol. The normalized spacial score (nSPS) is 10.5. The molecule has 1 aromatic rings. The second kappa shape index (κ2) is 8.15. The van der Waals surface area contributed by atoms with Gasteiger partial charge in [0.2, 0.25) is 0 Å². The summed E-state index contributed by atoms with van der Waals surface area (Å²) in [5.74, 6) is -1.09. The van der Waals surface area contributed by atoms with Crippen LogP contribution in [0.4, 0.5) is 19.3 Å². The minimum atomic E-state index is -2.54. The average molecular weight is 302 g/mol. The summed E-state index contributed by atoms with van der Waals surface area (Å²) in [7, 11) is 0. The van der Waals surface area contributed by atoms with Crippen molar-refractivity contribution in [2.24, 2.45) is 0 Å². The summed E-state index contributed by atoms with van der Waals surface area (Å²) in [5, 5.41) is 13.8. The number of carboxylic acids is 1. The number of nitrogens with one attached hydrogen (secondary N) is 2. The minimum Gasteiger partial charge on any atom is -0.478 e. The van der Waals surface area contributed by atoms with E-state index in [1.807, 2.05) is 0 Å². The third-order valence-electron chi connectivity index (χ3n) is 2.50. The van der Waals surface area contributed by atoms with Crippen molar-refractivity contribution in [1.29, 1.82) is 0 Å². The van der Waals surface area contributed by atoms with Crippen LogP contribution in [-0.2, 0) is 4.74 Å². The molecule has 116 valence electrons. The number of carboxylic acid groups (broad SMARTS) is 1. The molecule has 21 heavy (non-hydrogen) atoms. The van der Waals surface area contributed by atoms with Crippen LogP contribution >= 0.6 is 0 Å². The molecule has 0 aliphatic carbocycles. The zero-order valence-corrected chi connectivity index (χ0v) is 11.4. The molecule has 0 aromatic heterocycles. The molecule has 0 unspecified atom stereocenters. The van der Waals surface area contributed by atoms with Crippen molar-refractivity contribution in [2.45, 2.75) is 13.3 Å². The summed E-state index contributed by atoms with van der Waals surface area (Å²) in [5.41, 5.74) is 0.992. The highest BCUT2D eigenvalue weighted by atomic mass is 19.3. The number of carbonyl (C=O) groups is 2. The van der Waals surface area contributed by atoms with Crippen molar-refractivity contribution >= 4 is 17.7 Å². The van der Waals surface area contributed by atoms with Gasteiger partial charge in [0.05, 0.1) is 12.2 Å². The lowest BCUT2D eigenvalue weighted by atomic mass is 10.1. The first-order valence-electron chi connectivity index (χ1n) is 6.15. The molecule has 0 aliphatic rings. The molecule has 3 N–H and O–H groups in total. The lowest BCUT2D eigenvalue weighted by molar-refractivity contribution is 0.0194. The number of amides is 2. The van der Waals surface area contributed by atoms with E-state index in [9.17, 15) is 18.4 Å². The number of aryl methyl sites for hydroxylation is 1. The van der Waals surface area contributed by atoms with Gasteiger partial charge in [-0.25, -0.2) is 18.4 Å². The van der Waals surface area contributed by atoms with Crippen molar-refractivity contribution in [3.8, 4) is 0 Å². The Bertz CT molecular complexity index is 509. The highest BCUT2D eigenvalue weighted by Gasteiger charge is 2.09. The van der Waals surface area contributed by atoms with Crippen molar-refractivity contribution in [3.05, 3.63) is 29.3 Å². The number of anilines is 1. The molecule has 0 heterocycles. The minimum absolute atomic E-state index is 0.0357. The third-order valence-corrected chi connectivity index (χ3v) is 2.50. The van der Waals surface area contributed by atoms with E-state index in [0.29, 0.717) is 11.3 Å². The molecular formula is C13H16F2N2O4. The fourth-order valence-electron chi connectivity index (χ4n) is 1.51. The number of ether oxygens (including phenoxy) is 1. The summed E-state index contributed by atoms with van der Waals surface area (Å²) in [6.45, 7) is 0.999. The Morgan fingerprint density at radius 3 is 2.71 bits per heavy atom. The van der Waals surface area contributed by atoms with Crippen LogP contribution in [-0.4, -0.2) is 43.3 Å². The van der Waals surface area contributed by atoms with E-state index in [0.717, 1.165) is 0 Å². The van der Waals surface area contributed by atoms with Gasteiger partial charge in [-0.05, 0) is 24.6 Å². The molecule has 0 atom stereocenters. The fourth-order valence-corrected chi connectivity index (χ4v) is 1.51. The third kappa shape index (κ3) is 6.17. The number of carbonyl (C=O) groups excluding carboxylic acids is 1. The zero-order valence-electron chi connectivity index (χ0n) is 11.4. The predicted octanol–water partition coefficient (Wildman–Crippen LogP) is 2.10. The highest BCUT2D eigenvalue weighted by molar-refractivity contribution is 5.94. The summed E-state index contributed by atoms with van der Waals surface area (Å²) in [6, 6.07) is 3.90. The van der Waals surface area contributed by atoms with Gasteiger partial charge in [-0.1, -0.05) is 6.07 Å². The summed E-state index contributed by atoms with van der Waals surface area (Å²) < 4.78 is 28.1. The van der Waals surface area contributed by atoms with Crippen LogP contribution in [0, 0.1) is 6.92 Å². The number of aromatic carboxylic acids is 1. The van der Waals surface area contributed by atoms with E-state index in [-0.39, 0.29) is 18.7 Å². The van der Waals surface area contributed by atoms with Crippen LogP contribution in [0.5, 0.6) is 0 Å². The smallest absolute Gasteiger partial charge is 0.336 e. The molecule has 0 radical (unpaired) electrons. The van der Waals surface area contributed by atoms with Gasteiger partial charge in [-0.3, -0.25) is 0 Å². The van der Waals surface area contributed by atoms with Crippen LogP contribution in [0.25, 0.3) is 0 Å². The molecule has 1 rings (SSSR count). The molecule has 0 saturated carbocycles. The number of hydrogen-bond acceptors (Lipinski definition) is 3. The van der Waals surface area contributed by atoms with Crippen LogP contribution in [0.15, 0.2) is 18.2 Å². The summed E-state index contributed by atoms with van der Waals surface area (Å²) >= 11 is 0. The van der Waals surface area contributed by atoms with E-state index in [1.54, 1.807) is 19.1 Å². The Labute approximate surface area is 120 Å². The van der Waals surface area contributed by atoms with Gasteiger partial charge in [0.25, 0.3) is 6.43 Å². The maximum Gasteiger partial charge on any atom is 0.336 e. The van der Waals surface area contributed by atoms with Gasteiger partial charge in [0, 0.05) is 12.2 Å². The lowest BCUT2D eigenvalue weighted by Gasteiger charge is -2.09. The topological polar surface area (TPSA) is 87.7 Å². The van der Waals surface area contributed by atoms with E-state index < -0.39 is 25.0 Å². The highest BCUT2D eigenvalue weighted by Crippen LogP contribution is 2.15. The van der Waals surface area contributed by atoms with Gasteiger partial charge in [-0.15, -0.1) is 0 Å². The van der Waals surface area contributed by atoms with Gasteiger partial charge < -0.3 is 20.5 Å². The van der Waals surface area contributed by atoms with E-state index in [4.69, 9.17) is 5.11 Å². The quantitative estimate of drug-likeness (QED) is 0.673. The Kier molecular flexibility index (Phi) is 6.54. The Balaban J connectivity index is 2.41. The second-order valence-electron chi connectivity index (χ2n) is 4.18. The monoisotopic (exact) mass is 302 g/mol. The molecule has 8 heteroatoms. The van der Waals surface area contributed by atoms with Crippen LogP contribution in [0.3, 0.4) is 0 Å². The summed E-state index contributed by atoms with van der Waals surface area (Å²) in [4.78, 5) is 22.5. The van der Waals surface area contributed by atoms with Crippen LogP contribution in [0.1, 0.15) is 15.9 Å². The number of benzene rings is 1. The molecule has 0 bridgehead atoms. The maximum atomic E-state index is 11.8. The van der Waals surface area contributed by atoms with Crippen molar-refractivity contribution < 1.29 is 28.2 Å². The largest absolute Gasteiger partial charge is 0.478 e. The first kappa shape index (κ1) is 16.8. The molecule has 0 aliphatic heterocycles. The van der Waals surface area contributed by atoms with Gasteiger partial charge in [-0.2, -0.15) is 0 Å². The first-order valence-corrected chi connectivity index (χ1v) is 6.15. The number of urea groups is 1. The Hall–Kier alpha value is -2.22. The average Bonchev–Trinajstić information content (AvgIpc) is 2.40. The molecule has 2 amide bonds. The zero-order chi connectivity index (χ0) is 15.8. The first-order chi connectivity index (χ1) is 9.90. The number of halogens is 2. The van der Waals surface area contributed by atoms with Crippen molar-refractivity contribution in [2.75, 3.05) is 25.1 Å². The van der Waals surface area contributed by atoms with Gasteiger partial charge in [0.15, 0.2) is 0 Å². The maximum absolute atomic E-state index is 11.8. The van der Waals surface area contributed by atoms with E-state index in [1.165, 1.54) is 6.07 Å².